The largest absolute Gasteiger partial charge is 0.486 e. The van der Waals surface area contributed by atoms with Gasteiger partial charge < -0.3 is 4.74 Å². The molecule has 2 aromatic rings. The maximum atomic E-state index is 9.03. The zero-order valence-corrected chi connectivity index (χ0v) is 12.8. The molecule has 104 valence electrons. The van der Waals surface area contributed by atoms with E-state index in [0.29, 0.717) is 17.4 Å². The molecule has 0 bridgehead atoms. The van der Waals surface area contributed by atoms with Crippen molar-refractivity contribution in [3.8, 4) is 11.8 Å². The Labute approximate surface area is 123 Å². The maximum Gasteiger partial charge on any atom is 0.140 e. The van der Waals surface area contributed by atoms with Gasteiger partial charge in [0.1, 0.15) is 28.3 Å². The molecule has 0 aliphatic heterocycles. The van der Waals surface area contributed by atoms with Crippen LogP contribution in [-0.4, -0.2) is 4.98 Å². The molecule has 0 fully saturated rings. The van der Waals surface area contributed by atoms with E-state index in [1.165, 1.54) is 16.9 Å². The van der Waals surface area contributed by atoms with E-state index < -0.39 is 0 Å². The average molecular weight is 286 g/mol. The zero-order chi connectivity index (χ0) is 14.5. The van der Waals surface area contributed by atoms with Crippen LogP contribution in [0.2, 0.25) is 0 Å². The number of ether oxygens (including phenoxy) is 1. The van der Waals surface area contributed by atoms with Crippen LogP contribution in [0.3, 0.4) is 0 Å². The smallest absolute Gasteiger partial charge is 0.140 e. The molecule has 0 radical (unpaired) electrons. The number of aromatic nitrogens is 1. The van der Waals surface area contributed by atoms with Gasteiger partial charge in [0.2, 0.25) is 0 Å². The second-order valence-electron chi connectivity index (χ2n) is 4.86. The third-order valence-corrected chi connectivity index (χ3v) is 4.04. The van der Waals surface area contributed by atoms with E-state index >= 15 is 0 Å². The van der Waals surface area contributed by atoms with Gasteiger partial charge in [-0.15, -0.1) is 11.3 Å². The van der Waals surface area contributed by atoms with Gasteiger partial charge in [-0.25, -0.2) is 4.98 Å². The van der Waals surface area contributed by atoms with Gasteiger partial charge in [0.05, 0.1) is 5.69 Å². The van der Waals surface area contributed by atoms with Crippen LogP contribution in [0.15, 0.2) is 24.3 Å². The minimum Gasteiger partial charge on any atom is -0.486 e. The molecule has 0 saturated heterocycles. The highest BCUT2D eigenvalue weighted by Crippen LogP contribution is 2.23. The molecule has 1 aromatic carbocycles. The van der Waals surface area contributed by atoms with E-state index in [0.717, 1.165) is 22.9 Å². The van der Waals surface area contributed by atoms with Crippen molar-refractivity contribution >= 4 is 11.3 Å². The molecular weight excluding hydrogens is 268 g/mol. The third-order valence-electron chi connectivity index (χ3n) is 3.07. The lowest BCUT2D eigenvalue weighted by atomic mass is 10.0. The van der Waals surface area contributed by atoms with E-state index in [1.54, 1.807) is 0 Å². The van der Waals surface area contributed by atoms with Crippen molar-refractivity contribution in [2.75, 3.05) is 0 Å². The predicted molar refractivity (Wildman–Crippen MR) is 81.1 cm³/mol. The topological polar surface area (TPSA) is 45.9 Å². The molecule has 0 amide bonds. The Morgan fingerprint density at radius 1 is 1.40 bits per heavy atom. The van der Waals surface area contributed by atoms with Gasteiger partial charge in [-0.3, -0.25) is 0 Å². The summed E-state index contributed by atoms with van der Waals surface area (Å²) in [5.74, 6) is 1.33. The molecular formula is C16H18N2OS. The summed E-state index contributed by atoms with van der Waals surface area (Å²) in [4.78, 5) is 5.14. The highest BCUT2D eigenvalue weighted by atomic mass is 32.1. The monoisotopic (exact) mass is 286 g/mol. The third kappa shape index (κ3) is 3.37. The maximum absolute atomic E-state index is 9.03. The van der Waals surface area contributed by atoms with Gasteiger partial charge >= 0.3 is 0 Å². The number of aryl methyl sites for hydroxylation is 1. The molecule has 0 spiro atoms. The van der Waals surface area contributed by atoms with Crippen LogP contribution in [0, 0.1) is 11.3 Å². The van der Waals surface area contributed by atoms with Crippen LogP contribution in [0.25, 0.3) is 0 Å². The van der Waals surface area contributed by atoms with Crippen LogP contribution in [0.1, 0.15) is 47.8 Å². The summed E-state index contributed by atoms with van der Waals surface area (Å²) < 4.78 is 5.78. The Hall–Kier alpha value is -1.86. The number of nitrogens with zero attached hydrogens (tertiary/aromatic N) is 2. The highest BCUT2D eigenvalue weighted by molar-refractivity contribution is 7.12. The summed E-state index contributed by atoms with van der Waals surface area (Å²) in [5.41, 5.74) is 2.13. The second kappa shape index (κ2) is 6.53. The Morgan fingerprint density at radius 3 is 2.80 bits per heavy atom. The number of nitriles is 1. The van der Waals surface area contributed by atoms with Crippen LogP contribution in [0.5, 0.6) is 5.75 Å². The summed E-state index contributed by atoms with van der Waals surface area (Å²) in [5, 5.41) is 9.88. The number of hydrogen-bond acceptors (Lipinski definition) is 4. The Balaban J connectivity index is 2.07. The molecule has 0 aliphatic rings. The van der Waals surface area contributed by atoms with Crippen molar-refractivity contribution in [3.63, 3.8) is 0 Å². The molecule has 1 heterocycles. The number of hydrogen-bond donors (Lipinski definition) is 0. The van der Waals surface area contributed by atoms with Gasteiger partial charge in [-0.05, 0) is 30.0 Å². The van der Waals surface area contributed by atoms with Gasteiger partial charge in [0.15, 0.2) is 0 Å². The Bertz CT molecular complexity index is 626. The molecule has 3 nitrogen and oxygen atoms in total. The van der Waals surface area contributed by atoms with Crippen LogP contribution in [0.4, 0.5) is 0 Å². The average Bonchev–Trinajstić information content (AvgIpc) is 2.87. The molecule has 1 aromatic heterocycles. The molecule has 0 saturated carbocycles. The van der Waals surface area contributed by atoms with Crippen molar-refractivity contribution < 1.29 is 4.74 Å². The van der Waals surface area contributed by atoms with Crippen molar-refractivity contribution in [2.24, 2.45) is 0 Å². The van der Waals surface area contributed by atoms with Gasteiger partial charge in [-0.1, -0.05) is 32.9 Å². The van der Waals surface area contributed by atoms with Crippen molar-refractivity contribution in [3.05, 3.63) is 45.4 Å². The first-order valence-corrected chi connectivity index (χ1v) is 7.57. The SMILES string of the molecule is CCc1nc(COc2cccc(C(C)C)c2)sc1C#N. The van der Waals surface area contributed by atoms with E-state index in [4.69, 9.17) is 10.00 Å². The quantitative estimate of drug-likeness (QED) is 0.824. The fraction of sp³-hybridized carbons (Fsp3) is 0.375. The van der Waals surface area contributed by atoms with Crippen molar-refractivity contribution in [1.82, 2.24) is 4.98 Å². The molecule has 0 aliphatic carbocycles. The minimum absolute atomic E-state index is 0.418. The van der Waals surface area contributed by atoms with E-state index in [1.807, 2.05) is 19.1 Å². The van der Waals surface area contributed by atoms with E-state index in [2.05, 4.69) is 37.0 Å². The fourth-order valence-corrected chi connectivity index (χ4v) is 2.76. The second-order valence-corrected chi connectivity index (χ2v) is 5.95. The van der Waals surface area contributed by atoms with Gasteiger partial charge in [-0.2, -0.15) is 5.26 Å². The summed E-state index contributed by atoms with van der Waals surface area (Å²) >= 11 is 1.42. The molecule has 4 heteroatoms. The molecule has 0 N–H and O–H groups in total. The molecule has 0 unspecified atom stereocenters. The lowest BCUT2D eigenvalue weighted by Crippen LogP contribution is -1.96. The van der Waals surface area contributed by atoms with Crippen LogP contribution in [-0.2, 0) is 13.0 Å². The van der Waals surface area contributed by atoms with Crippen LogP contribution < -0.4 is 4.74 Å². The lowest BCUT2D eigenvalue weighted by molar-refractivity contribution is 0.305. The predicted octanol–water partition coefficient (Wildman–Crippen LogP) is 4.28. The first kappa shape index (κ1) is 14.5. The summed E-state index contributed by atoms with van der Waals surface area (Å²) in [6.07, 6.45) is 0.780. The summed E-state index contributed by atoms with van der Waals surface area (Å²) in [6, 6.07) is 10.3. The van der Waals surface area contributed by atoms with Crippen molar-refractivity contribution in [2.45, 2.75) is 39.7 Å². The first-order valence-electron chi connectivity index (χ1n) is 6.75. The van der Waals surface area contributed by atoms with E-state index in [-0.39, 0.29) is 0 Å². The van der Waals surface area contributed by atoms with Crippen molar-refractivity contribution in [1.29, 1.82) is 5.26 Å². The molecule has 0 atom stereocenters. The van der Waals surface area contributed by atoms with Crippen LogP contribution >= 0.6 is 11.3 Å². The van der Waals surface area contributed by atoms with Gasteiger partial charge in [0, 0.05) is 0 Å². The van der Waals surface area contributed by atoms with Gasteiger partial charge in [0.25, 0.3) is 0 Å². The summed E-state index contributed by atoms with van der Waals surface area (Å²) in [7, 11) is 0. The van der Waals surface area contributed by atoms with E-state index in [9.17, 15) is 0 Å². The molecule has 20 heavy (non-hydrogen) atoms. The number of thiazole rings is 1. The minimum atomic E-state index is 0.418. The summed E-state index contributed by atoms with van der Waals surface area (Å²) in [6.45, 7) is 6.74. The Morgan fingerprint density at radius 2 is 2.20 bits per heavy atom. The fourth-order valence-electron chi connectivity index (χ4n) is 1.90. The lowest BCUT2D eigenvalue weighted by Gasteiger charge is -2.08. The standard InChI is InChI=1S/C16H18N2OS/c1-4-14-15(9-17)20-16(18-14)10-19-13-7-5-6-12(8-13)11(2)3/h5-8,11H,4,10H2,1-3H3. The molecule has 2 rings (SSSR count). The number of benzene rings is 1. The number of rotatable bonds is 5. The Kier molecular flexibility index (Phi) is 4.75. The normalized spacial score (nSPS) is 10.6. The first-order chi connectivity index (χ1) is 9.63. The zero-order valence-electron chi connectivity index (χ0n) is 12.0. The highest BCUT2D eigenvalue weighted by Gasteiger charge is 2.10.